The molecule has 0 saturated carbocycles. The van der Waals surface area contributed by atoms with Crippen LogP contribution in [0.2, 0.25) is 0 Å². The average Bonchev–Trinajstić information content (AvgIpc) is 2.81. The first kappa shape index (κ1) is 13.1. The molecular weight excluding hydrogens is 244 g/mol. The van der Waals surface area contributed by atoms with Crippen molar-refractivity contribution in [3.8, 4) is 0 Å². The van der Waals surface area contributed by atoms with Gasteiger partial charge in [0.1, 0.15) is 0 Å². The summed E-state index contributed by atoms with van der Waals surface area (Å²) in [6, 6.07) is 4.35. The number of nitrogens with one attached hydrogen (secondary N) is 1. The lowest BCUT2D eigenvalue weighted by Gasteiger charge is -2.14. The molecule has 96 valence electrons. The third-order valence-corrected chi connectivity index (χ3v) is 3.84. The molecule has 2 rings (SSSR count). The molecule has 2 aromatic heterocycles. The van der Waals surface area contributed by atoms with Crippen molar-refractivity contribution in [1.29, 1.82) is 0 Å². The Morgan fingerprint density at radius 1 is 1.39 bits per heavy atom. The van der Waals surface area contributed by atoms with Crippen LogP contribution in [0.1, 0.15) is 22.7 Å². The molecule has 3 N–H and O–H groups in total. The predicted molar refractivity (Wildman–Crippen MR) is 74.2 cm³/mol. The summed E-state index contributed by atoms with van der Waals surface area (Å²) in [5, 5.41) is 3.22. The largest absolute Gasteiger partial charge is 0.271 e. The number of aryl methyl sites for hydroxylation is 2. The van der Waals surface area contributed by atoms with E-state index in [2.05, 4.69) is 20.8 Å². The fourth-order valence-electron chi connectivity index (χ4n) is 1.84. The summed E-state index contributed by atoms with van der Waals surface area (Å²) in [6.45, 7) is 2.02. The molecule has 0 aliphatic rings. The van der Waals surface area contributed by atoms with E-state index < -0.39 is 0 Å². The van der Waals surface area contributed by atoms with Gasteiger partial charge >= 0.3 is 0 Å². The highest BCUT2D eigenvalue weighted by molar-refractivity contribution is 7.09. The smallest absolute Gasteiger partial charge is 0.0944 e. The fraction of sp³-hybridized carbons (Fsp3) is 0.385. The van der Waals surface area contributed by atoms with E-state index in [9.17, 15) is 0 Å². The maximum Gasteiger partial charge on any atom is 0.0944 e. The van der Waals surface area contributed by atoms with E-state index in [1.165, 1.54) is 5.56 Å². The van der Waals surface area contributed by atoms with Crippen molar-refractivity contribution in [1.82, 2.24) is 15.4 Å². The van der Waals surface area contributed by atoms with Crippen LogP contribution in [0.4, 0.5) is 0 Å². The molecule has 2 aromatic rings. The molecule has 18 heavy (non-hydrogen) atoms. The number of nitrogens with two attached hydrogens (primary N) is 1. The monoisotopic (exact) mass is 262 g/mol. The topological polar surface area (TPSA) is 63.8 Å². The zero-order chi connectivity index (χ0) is 12.8. The van der Waals surface area contributed by atoms with Crippen LogP contribution >= 0.6 is 11.3 Å². The molecule has 1 unspecified atom stereocenters. The Morgan fingerprint density at radius 2 is 2.17 bits per heavy atom. The minimum Gasteiger partial charge on any atom is -0.271 e. The molecule has 0 radical (unpaired) electrons. The molecule has 5 heteroatoms. The van der Waals surface area contributed by atoms with Crippen molar-refractivity contribution in [3.05, 3.63) is 46.2 Å². The molecule has 0 bridgehead atoms. The summed E-state index contributed by atoms with van der Waals surface area (Å²) in [4.78, 5) is 8.48. The third-order valence-electron chi connectivity index (χ3n) is 2.85. The van der Waals surface area contributed by atoms with E-state index in [0.717, 1.165) is 30.0 Å². The van der Waals surface area contributed by atoms with E-state index in [1.807, 2.05) is 31.5 Å². The van der Waals surface area contributed by atoms with Gasteiger partial charge in [-0.2, -0.15) is 0 Å². The van der Waals surface area contributed by atoms with Gasteiger partial charge in [-0.05, 0) is 37.5 Å². The van der Waals surface area contributed by atoms with Crippen molar-refractivity contribution >= 4 is 11.3 Å². The lowest BCUT2D eigenvalue weighted by molar-refractivity contribution is 0.490. The highest BCUT2D eigenvalue weighted by Gasteiger charge is 2.10. The predicted octanol–water partition coefficient (Wildman–Crippen LogP) is 1.85. The lowest BCUT2D eigenvalue weighted by atomic mass is 10.0. The normalized spacial score (nSPS) is 12.6. The number of thiazole rings is 1. The van der Waals surface area contributed by atoms with Crippen LogP contribution in [0.3, 0.4) is 0 Å². The molecule has 0 fully saturated rings. The first-order valence-electron chi connectivity index (χ1n) is 6.04. The van der Waals surface area contributed by atoms with Gasteiger partial charge in [0.25, 0.3) is 0 Å². The van der Waals surface area contributed by atoms with Gasteiger partial charge in [0.15, 0.2) is 0 Å². The quantitative estimate of drug-likeness (QED) is 0.616. The number of pyridine rings is 1. The molecular formula is C13H18N4S. The minimum atomic E-state index is 0.267. The van der Waals surface area contributed by atoms with Crippen molar-refractivity contribution in [2.24, 2.45) is 5.84 Å². The van der Waals surface area contributed by atoms with Gasteiger partial charge in [-0.1, -0.05) is 0 Å². The highest BCUT2D eigenvalue weighted by Crippen LogP contribution is 2.13. The van der Waals surface area contributed by atoms with E-state index in [1.54, 1.807) is 11.3 Å². The SMILES string of the molecule is Cc1csc(CC(CCc2ccncc2)NN)n1. The summed E-state index contributed by atoms with van der Waals surface area (Å²) < 4.78 is 0. The number of hydrazine groups is 1. The van der Waals surface area contributed by atoms with Gasteiger partial charge in [0, 0.05) is 35.9 Å². The zero-order valence-electron chi connectivity index (χ0n) is 10.5. The second-order valence-corrected chi connectivity index (χ2v) is 5.29. The Labute approximate surface area is 111 Å². The van der Waals surface area contributed by atoms with Crippen LogP contribution in [0.25, 0.3) is 0 Å². The Hall–Kier alpha value is -1.30. The van der Waals surface area contributed by atoms with Crippen LogP contribution in [0.15, 0.2) is 29.9 Å². The van der Waals surface area contributed by atoms with Crippen molar-refractivity contribution in [3.63, 3.8) is 0 Å². The summed E-state index contributed by atoms with van der Waals surface area (Å²) in [6.07, 6.45) is 6.54. The lowest BCUT2D eigenvalue weighted by Crippen LogP contribution is -2.37. The highest BCUT2D eigenvalue weighted by atomic mass is 32.1. The molecule has 0 aromatic carbocycles. The second-order valence-electron chi connectivity index (χ2n) is 4.34. The first-order valence-corrected chi connectivity index (χ1v) is 6.92. The molecule has 4 nitrogen and oxygen atoms in total. The zero-order valence-corrected chi connectivity index (χ0v) is 11.3. The van der Waals surface area contributed by atoms with Gasteiger partial charge in [-0.15, -0.1) is 11.3 Å². The number of aromatic nitrogens is 2. The van der Waals surface area contributed by atoms with Crippen LogP contribution in [-0.4, -0.2) is 16.0 Å². The Morgan fingerprint density at radius 3 is 2.78 bits per heavy atom. The number of hydrogen-bond donors (Lipinski definition) is 2. The van der Waals surface area contributed by atoms with Crippen LogP contribution < -0.4 is 11.3 Å². The minimum absolute atomic E-state index is 0.267. The van der Waals surface area contributed by atoms with Gasteiger partial charge in [-0.25, -0.2) is 4.98 Å². The van der Waals surface area contributed by atoms with Gasteiger partial charge < -0.3 is 0 Å². The molecule has 0 saturated heterocycles. The van der Waals surface area contributed by atoms with Crippen molar-refractivity contribution in [2.75, 3.05) is 0 Å². The maximum absolute atomic E-state index is 5.61. The van der Waals surface area contributed by atoms with Crippen LogP contribution in [-0.2, 0) is 12.8 Å². The molecule has 1 atom stereocenters. The summed E-state index contributed by atoms with van der Waals surface area (Å²) in [5.74, 6) is 5.61. The maximum atomic E-state index is 5.61. The first-order chi connectivity index (χ1) is 8.78. The number of nitrogens with zero attached hydrogens (tertiary/aromatic N) is 2. The molecule has 0 aliphatic heterocycles. The fourth-order valence-corrected chi connectivity index (χ4v) is 2.70. The number of rotatable bonds is 6. The van der Waals surface area contributed by atoms with E-state index in [-0.39, 0.29) is 6.04 Å². The van der Waals surface area contributed by atoms with Crippen molar-refractivity contribution < 1.29 is 0 Å². The van der Waals surface area contributed by atoms with E-state index in [4.69, 9.17) is 5.84 Å². The number of hydrogen-bond acceptors (Lipinski definition) is 5. The molecule has 2 heterocycles. The Kier molecular flexibility index (Phi) is 4.81. The summed E-state index contributed by atoms with van der Waals surface area (Å²) >= 11 is 1.70. The van der Waals surface area contributed by atoms with E-state index >= 15 is 0 Å². The summed E-state index contributed by atoms with van der Waals surface area (Å²) in [5.41, 5.74) is 5.26. The molecule has 0 aliphatic carbocycles. The second kappa shape index (κ2) is 6.58. The molecule has 0 amide bonds. The van der Waals surface area contributed by atoms with E-state index in [0.29, 0.717) is 0 Å². The van der Waals surface area contributed by atoms with Crippen LogP contribution in [0, 0.1) is 6.92 Å². The van der Waals surface area contributed by atoms with Crippen LogP contribution in [0.5, 0.6) is 0 Å². The standard InChI is InChI=1S/C13H18N4S/c1-10-9-18-13(16-10)8-12(17-14)3-2-11-4-6-15-7-5-11/h4-7,9,12,17H,2-3,8,14H2,1H3. The van der Waals surface area contributed by atoms with Gasteiger partial charge in [0.05, 0.1) is 5.01 Å². The summed E-state index contributed by atoms with van der Waals surface area (Å²) in [7, 11) is 0. The van der Waals surface area contributed by atoms with Gasteiger partial charge in [-0.3, -0.25) is 16.3 Å². The molecule has 0 spiro atoms. The van der Waals surface area contributed by atoms with Gasteiger partial charge in [0.2, 0.25) is 0 Å². The Bertz CT molecular complexity index is 469. The average molecular weight is 262 g/mol. The van der Waals surface area contributed by atoms with Crippen molar-refractivity contribution in [2.45, 2.75) is 32.2 Å². The Balaban J connectivity index is 1.86. The third kappa shape index (κ3) is 3.87.